The van der Waals surface area contributed by atoms with Gasteiger partial charge >= 0.3 is 11.9 Å². The van der Waals surface area contributed by atoms with E-state index in [1.165, 1.54) is 0 Å². The Morgan fingerprint density at radius 1 is 1.28 bits per heavy atom. The smallest absolute Gasteiger partial charge is 0.336 e. The summed E-state index contributed by atoms with van der Waals surface area (Å²) in [5.41, 5.74) is 1.59. The quantitative estimate of drug-likeness (QED) is 0.451. The van der Waals surface area contributed by atoms with Gasteiger partial charge in [0.2, 0.25) is 0 Å². The van der Waals surface area contributed by atoms with Crippen LogP contribution in [-0.4, -0.2) is 47.1 Å². The highest BCUT2D eigenvalue weighted by Gasteiger charge is 2.56. The Labute approximate surface area is 146 Å². The van der Waals surface area contributed by atoms with E-state index in [2.05, 4.69) is 26.3 Å². The molecule has 3 rings (SSSR count). The monoisotopic (exact) mass is 346 g/mol. The second kappa shape index (κ2) is 6.28. The predicted octanol–water partition coefficient (Wildman–Crippen LogP) is 1.06. The van der Waals surface area contributed by atoms with Crippen molar-refractivity contribution >= 4 is 11.9 Å². The van der Waals surface area contributed by atoms with E-state index in [-0.39, 0.29) is 23.0 Å². The summed E-state index contributed by atoms with van der Waals surface area (Å²) in [5, 5.41) is 19.2. The molecule has 1 saturated heterocycles. The van der Waals surface area contributed by atoms with Gasteiger partial charge in [0.25, 0.3) is 0 Å². The van der Waals surface area contributed by atoms with Gasteiger partial charge in [-0.05, 0) is 17.9 Å². The highest BCUT2D eigenvalue weighted by molar-refractivity contribution is 5.92. The standard InChI is InChI=1S/C19H22O6/c1-8-5-14(24-18(22)9(2)7-20)16-11(4)19(23)25-17(16)15-10(3)13(21)6-12(8)15/h12-17,20-21H,1-7H2/t12-,13+,14-,15+,16+,17-/m1/s1. The minimum absolute atomic E-state index is 0.0673. The average molecular weight is 346 g/mol. The van der Waals surface area contributed by atoms with Crippen molar-refractivity contribution in [2.45, 2.75) is 31.2 Å². The summed E-state index contributed by atoms with van der Waals surface area (Å²) in [6, 6.07) is 0. The first kappa shape index (κ1) is 17.6. The van der Waals surface area contributed by atoms with Crippen LogP contribution in [0.4, 0.5) is 0 Å². The third kappa shape index (κ3) is 2.75. The van der Waals surface area contributed by atoms with Crippen LogP contribution in [0, 0.1) is 17.8 Å². The van der Waals surface area contributed by atoms with Gasteiger partial charge in [-0.2, -0.15) is 0 Å². The molecule has 134 valence electrons. The normalized spacial score (nSPS) is 37.2. The SMILES string of the molecule is C=C(CO)C(=O)O[C@@H]1CC(=C)[C@H]2C[C@H](O)C(=C)[C@@H]2[C@H]2OC(=O)C(=C)[C@H]21. The molecule has 2 N–H and O–H groups in total. The maximum absolute atomic E-state index is 12.1. The molecule has 3 aliphatic rings. The van der Waals surface area contributed by atoms with Gasteiger partial charge in [-0.15, -0.1) is 0 Å². The molecule has 1 heterocycles. The van der Waals surface area contributed by atoms with E-state index in [1.54, 1.807) is 0 Å². The van der Waals surface area contributed by atoms with Crippen molar-refractivity contribution in [3.05, 3.63) is 48.6 Å². The second-order valence-electron chi connectivity index (χ2n) is 6.95. The molecular formula is C19H22O6. The number of aliphatic hydroxyl groups excluding tert-OH is 2. The van der Waals surface area contributed by atoms with Crippen molar-refractivity contribution in [3.63, 3.8) is 0 Å². The van der Waals surface area contributed by atoms with E-state index in [0.29, 0.717) is 18.4 Å². The first-order chi connectivity index (χ1) is 11.8. The number of aliphatic hydroxyl groups is 2. The average Bonchev–Trinajstić information content (AvgIpc) is 2.99. The predicted molar refractivity (Wildman–Crippen MR) is 89.1 cm³/mol. The van der Waals surface area contributed by atoms with Crippen molar-refractivity contribution in [2.75, 3.05) is 6.61 Å². The minimum atomic E-state index is -0.725. The minimum Gasteiger partial charge on any atom is -0.458 e. The molecule has 0 aromatic carbocycles. The van der Waals surface area contributed by atoms with Gasteiger partial charge in [0, 0.05) is 17.9 Å². The molecule has 0 spiro atoms. The molecule has 25 heavy (non-hydrogen) atoms. The van der Waals surface area contributed by atoms with E-state index in [9.17, 15) is 14.7 Å². The zero-order valence-electron chi connectivity index (χ0n) is 13.9. The summed E-state index contributed by atoms with van der Waals surface area (Å²) in [6.07, 6.45) is -1.19. The van der Waals surface area contributed by atoms with Crippen LogP contribution >= 0.6 is 0 Å². The zero-order chi connectivity index (χ0) is 18.5. The van der Waals surface area contributed by atoms with Crippen LogP contribution in [-0.2, 0) is 19.1 Å². The zero-order valence-corrected chi connectivity index (χ0v) is 13.9. The fraction of sp³-hybridized carbons (Fsp3) is 0.474. The molecule has 1 aliphatic heterocycles. The first-order valence-corrected chi connectivity index (χ1v) is 8.20. The fourth-order valence-electron chi connectivity index (χ4n) is 4.16. The molecule has 0 aromatic rings. The Morgan fingerprint density at radius 3 is 2.60 bits per heavy atom. The van der Waals surface area contributed by atoms with Gasteiger partial charge in [0.05, 0.1) is 24.2 Å². The summed E-state index contributed by atoms with van der Waals surface area (Å²) in [4.78, 5) is 24.2. The van der Waals surface area contributed by atoms with Crippen molar-refractivity contribution < 1.29 is 29.3 Å². The molecule has 2 saturated carbocycles. The number of ether oxygens (including phenoxy) is 2. The summed E-state index contributed by atoms with van der Waals surface area (Å²) in [6.45, 7) is 14.8. The van der Waals surface area contributed by atoms with Gasteiger partial charge in [-0.3, -0.25) is 0 Å². The van der Waals surface area contributed by atoms with Gasteiger partial charge in [0.15, 0.2) is 0 Å². The summed E-state index contributed by atoms with van der Waals surface area (Å²) in [7, 11) is 0. The Kier molecular flexibility index (Phi) is 4.43. The van der Waals surface area contributed by atoms with E-state index in [1.807, 2.05) is 0 Å². The number of carbonyl (C=O) groups is 2. The van der Waals surface area contributed by atoms with Crippen LogP contribution in [0.5, 0.6) is 0 Å². The van der Waals surface area contributed by atoms with Crippen LogP contribution in [0.15, 0.2) is 48.6 Å². The number of hydrogen-bond donors (Lipinski definition) is 2. The Morgan fingerprint density at radius 2 is 1.96 bits per heavy atom. The molecule has 6 nitrogen and oxygen atoms in total. The molecular weight excluding hydrogens is 324 g/mol. The lowest BCUT2D eigenvalue weighted by atomic mass is 9.81. The van der Waals surface area contributed by atoms with Crippen molar-refractivity contribution in [1.82, 2.24) is 0 Å². The van der Waals surface area contributed by atoms with Crippen molar-refractivity contribution in [1.29, 1.82) is 0 Å². The summed E-state index contributed by atoms with van der Waals surface area (Å²) >= 11 is 0. The van der Waals surface area contributed by atoms with E-state index in [0.717, 1.165) is 5.57 Å². The van der Waals surface area contributed by atoms with Crippen LogP contribution in [0.2, 0.25) is 0 Å². The lowest BCUT2D eigenvalue weighted by Gasteiger charge is -2.28. The summed E-state index contributed by atoms with van der Waals surface area (Å²) < 4.78 is 11.0. The fourth-order valence-corrected chi connectivity index (χ4v) is 4.16. The largest absolute Gasteiger partial charge is 0.458 e. The Hall–Kier alpha value is -2.18. The molecule has 0 unspecified atom stereocenters. The molecule has 0 amide bonds. The van der Waals surface area contributed by atoms with Gasteiger partial charge < -0.3 is 19.7 Å². The number of rotatable bonds is 3. The molecule has 2 aliphatic carbocycles. The topological polar surface area (TPSA) is 93.1 Å². The lowest BCUT2D eigenvalue weighted by molar-refractivity contribution is -0.148. The maximum Gasteiger partial charge on any atom is 0.336 e. The van der Waals surface area contributed by atoms with Crippen molar-refractivity contribution in [2.24, 2.45) is 17.8 Å². The number of hydrogen-bond acceptors (Lipinski definition) is 6. The molecule has 0 bridgehead atoms. The number of fused-ring (bicyclic) bond motifs is 3. The van der Waals surface area contributed by atoms with Gasteiger partial charge in [-0.25, -0.2) is 9.59 Å². The van der Waals surface area contributed by atoms with Gasteiger partial charge in [0.1, 0.15) is 12.2 Å². The van der Waals surface area contributed by atoms with Crippen LogP contribution < -0.4 is 0 Å². The molecule has 0 radical (unpaired) electrons. The highest BCUT2D eigenvalue weighted by Crippen LogP contribution is 2.52. The van der Waals surface area contributed by atoms with Gasteiger partial charge in [-0.1, -0.05) is 31.9 Å². The number of esters is 2. The molecule has 6 heteroatoms. The molecule has 0 aromatic heterocycles. The third-order valence-corrected chi connectivity index (χ3v) is 5.51. The summed E-state index contributed by atoms with van der Waals surface area (Å²) in [5.74, 6) is -2.18. The van der Waals surface area contributed by atoms with Crippen molar-refractivity contribution in [3.8, 4) is 0 Å². The molecule has 6 atom stereocenters. The first-order valence-electron chi connectivity index (χ1n) is 8.20. The number of carbonyl (C=O) groups excluding carboxylic acids is 2. The van der Waals surface area contributed by atoms with Crippen LogP contribution in [0.25, 0.3) is 0 Å². The van der Waals surface area contributed by atoms with E-state index >= 15 is 0 Å². The maximum atomic E-state index is 12.1. The van der Waals surface area contributed by atoms with E-state index in [4.69, 9.17) is 14.6 Å². The second-order valence-corrected chi connectivity index (χ2v) is 6.95. The van der Waals surface area contributed by atoms with Crippen LogP contribution in [0.3, 0.4) is 0 Å². The highest BCUT2D eigenvalue weighted by atomic mass is 16.6. The van der Waals surface area contributed by atoms with Crippen LogP contribution in [0.1, 0.15) is 12.8 Å². The lowest BCUT2D eigenvalue weighted by Crippen LogP contribution is -2.36. The third-order valence-electron chi connectivity index (χ3n) is 5.51. The Bertz CT molecular complexity index is 690. The Balaban J connectivity index is 1.96. The molecule has 3 fully saturated rings. The van der Waals surface area contributed by atoms with E-state index < -0.39 is 42.8 Å².